The zero-order chi connectivity index (χ0) is 21.1. The second-order valence-electron chi connectivity index (χ2n) is 6.53. The van der Waals surface area contributed by atoms with Crippen molar-refractivity contribution in [2.75, 3.05) is 6.54 Å². The van der Waals surface area contributed by atoms with Gasteiger partial charge in [0.2, 0.25) is 11.7 Å². The maximum absolute atomic E-state index is 14.0. The lowest BCUT2D eigenvalue weighted by Crippen LogP contribution is -2.26. The first-order valence-corrected chi connectivity index (χ1v) is 9.57. The first-order chi connectivity index (χ1) is 14.5. The summed E-state index contributed by atoms with van der Waals surface area (Å²) in [6, 6.07) is 13.4. The average molecular weight is 426 g/mol. The van der Waals surface area contributed by atoms with Gasteiger partial charge in [0.25, 0.3) is 5.91 Å². The first-order valence-electron chi connectivity index (χ1n) is 9.19. The highest BCUT2D eigenvalue weighted by atomic mass is 35.5. The number of hydrogen-bond acceptors (Lipinski definition) is 5. The fourth-order valence-electron chi connectivity index (χ4n) is 2.95. The van der Waals surface area contributed by atoms with Crippen LogP contribution in [0.1, 0.15) is 21.9 Å². The Hall–Kier alpha value is -3.52. The van der Waals surface area contributed by atoms with Crippen LogP contribution in [0, 0.1) is 12.7 Å². The van der Waals surface area contributed by atoms with Crippen molar-refractivity contribution >= 4 is 17.5 Å². The Kier molecular flexibility index (Phi) is 5.58. The summed E-state index contributed by atoms with van der Waals surface area (Å²) < 4.78 is 20.6. The average Bonchev–Trinajstić information content (AvgIpc) is 3.36. The van der Waals surface area contributed by atoms with E-state index >= 15 is 0 Å². The minimum atomic E-state index is -0.413. The lowest BCUT2D eigenvalue weighted by atomic mass is 10.2. The highest BCUT2D eigenvalue weighted by Crippen LogP contribution is 2.19. The van der Waals surface area contributed by atoms with Crippen molar-refractivity contribution in [3.05, 3.63) is 82.7 Å². The molecule has 0 fully saturated rings. The third kappa shape index (κ3) is 4.08. The van der Waals surface area contributed by atoms with E-state index in [0.717, 1.165) is 5.56 Å². The summed E-state index contributed by atoms with van der Waals surface area (Å²) in [7, 11) is 0. The largest absolute Gasteiger partial charge is 0.351 e. The molecule has 0 aliphatic heterocycles. The van der Waals surface area contributed by atoms with Crippen LogP contribution in [0.25, 0.3) is 17.1 Å². The molecule has 1 N–H and O–H groups in total. The fraction of sp³-hybridized carbons (Fsp3) is 0.143. The molecule has 0 radical (unpaired) electrons. The lowest BCUT2D eigenvalue weighted by molar-refractivity contribution is 0.0952. The van der Waals surface area contributed by atoms with Crippen molar-refractivity contribution in [1.29, 1.82) is 0 Å². The number of hydrogen-bond donors (Lipinski definition) is 1. The van der Waals surface area contributed by atoms with E-state index in [2.05, 4.69) is 20.6 Å². The predicted octanol–water partition coefficient (Wildman–Crippen LogP) is 4.00. The zero-order valence-corrected chi connectivity index (χ0v) is 16.7. The van der Waals surface area contributed by atoms with Crippen LogP contribution in [-0.4, -0.2) is 32.4 Å². The summed E-state index contributed by atoms with van der Waals surface area (Å²) in [5, 5.41) is 11.5. The Bertz CT molecular complexity index is 1190. The second kappa shape index (κ2) is 8.46. The lowest BCUT2D eigenvalue weighted by Gasteiger charge is -2.07. The molecule has 4 rings (SSSR count). The van der Waals surface area contributed by atoms with Crippen LogP contribution in [0.3, 0.4) is 0 Å². The van der Waals surface area contributed by atoms with Crippen LogP contribution in [0.5, 0.6) is 0 Å². The Morgan fingerprint density at radius 1 is 1.20 bits per heavy atom. The number of para-hydroxylation sites is 1. The van der Waals surface area contributed by atoms with Gasteiger partial charge in [0, 0.05) is 23.6 Å². The molecule has 2 aromatic carbocycles. The molecule has 0 spiro atoms. The number of nitrogens with zero attached hydrogens (tertiary/aromatic N) is 4. The molecule has 152 valence electrons. The van der Waals surface area contributed by atoms with Gasteiger partial charge in [-0.15, -0.1) is 0 Å². The summed E-state index contributed by atoms with van der Waals surface area (Å²) in [6.45, 7) is 2.01. The Labute approximate surface area is 176 Å². The molecule has 2 aromatic heterocycles. The molecule has 7 nitrogen and oxygen atoms in total. The van der Waals surface area contributed by atoms with E-state index in [4.69, 9.17) is 16.1 Å². The molecule has 30 heavy (non-hydrogen) atoms. The second-order valence-corrected chi connectivity index (χ2v) is 6.97. The van der Waals surface area contributed by atoms with E-state index in [9.17, 15) is 9.18 Å². The summed E-state index contributed by atoms with van der Waals surface area (Å²) in [5.74, 6) is 0.130. The monoisotopic (exact) mass is 425 g/mol. The van der Waals surface area contributed by atoms with E-state index in [1.165, 1.54) is 16.9 Å². The summed E-state index contributed by atoms with van der Waals surface area (Å²) >= 11 is 5.88. The topological polar surface area (TPSA) is 85.8 Å². The van der Waals surface area contributed by atoms with Crippen molar-refractivity contribution in [3.8, 4) is 17.1 Å². The zero-order valence-electron chi connectivity index (χ0n) is 16.0. The van der Waals surface area contributed by atoms with Gasteiger partial charge in [-0.25, -0.2) is 9.07 Å². The number of nitrogens with one attached hydrogen (secondary N) is 1. The first kappa shape index (κ1) is 19.8. The minimum absolute atomic E-state index is 0.287. The standard InChI is InChI=1S/C21H17ClFN5O2/c1-13-16(12-25-28(13)18-5-3-2-4-17(18)23)21(29)24-11-10-19-26-20(27-30-19)14-6-8-15(22)9-7-14/h2-9,12H,10-11H2,1H3,(H,24,29). The smallest absolute Gasteiger partial charge is 0.254 e. The van der Waals surface area contributed by atoms with Gasteiger partial charge in [0.1, 0.15) is 11.5 Å². The summed E-state index contributed by atoms with van der Waals surface area (Å²) in [6.07, 6.45) is 1.79. The van der Waals surface area contributed by atoms with Crippen LogP contribution in [0.15, 0.2) is 59.3 Å². The van der Waals surface area contributed by atoms with Crippen molar-refractivity contribution < 1.29 is 13.7 Å². The van der Waals surface area contributed by atoms with E-state index in [1.807, 2.05) is 0 Å². The van der Waals surface area contributed by atoms with Gasteiger partial charge in [-0.2, -0.15) is 10.1 Å². The maximum atomic E-state index is 14.0. The number of aromatic nitrogens is 4. The molecule has 1 amide bonds. The third-order valence-corrected chi connectivity index (χ3v) is 4.78. The SMILES string of the molecule is Cc1c(C(=O)NCCc2nc(-c3ccc(Cl)cc3)no2)cnn1-c1ccccc1F. The van der Waals surface area contributed by atoms with Crippen LogP contribution in [0.4, 0.5) is 4.39 Å². The highest BCUT2D eigenvalue weighted by molar-refractivity contribution is 6.30. The van der Waals surface area contributed by atoms with Gasteiger partial charge < -0.3 is 9.84 Å². The van der Waals surface area contributed by atoms with Gasteiger partial charge in [0.05, 0.1) is 17.5 Å². The van der Waals surface area contributed by atoms with Crippen LogP contribution >= 0.6 is 11.6 Å². The third-order valence-electron chi connectivity index (χ3n) is 4.53. The normalized spacial score (nSPS) is 10.9. The molecule has 0 saturated carbocycles. The molecule has 0 aliphatic rings. The Morgan fingerprint density at radius 3 is 2.73 bits per heavy atom. The molecule has 0 atom stereocenters. The van der Waals surface area contributed by atoms with Gasteiger partial charge in [-0.05, 0) is 43.3 Å². The number of benzene rings is 2. The van der Waals surface area contributed by atoms with Gasteiger partial charge >= 0.3 is 0 Å². The van der Waals surface area contributed by atoms with Crippen LogP contribution < -0.4 is 5.32 Å². The summed E-state index contributed by atoms with van der Waals surface area (Å²) in [4.78, 5) is 16.8. The van der Waals surface area contributed by atoms with Crippen molar-refractivity contribution in [1.82, 2.24) is 25.2 Å². The molecule has 0 bridgehead atoms. The van der Waals surface area contributed by atoms with E-state index in [0.29, 0.717) is 41.0 Å². The molecule has 4 aromatic rings. The fourth-order valence-corrected chi connectivity index (χ4v) is 3.08. The number of rotatable bonds is 6. The number of halogens is 2. The van der Waals surface area contributed by atoms with Crippen molar-refractivity contribution in [2.24, 2.45) is 0 Å². The Morgan fingerprint density at radius 2 is 1.97 bits per heavy atom. The Balaban J connectivity index is 1.38. The number of amides is 1. The van der Waals surface area contributed by atoms with Gasteiger partial charge in [0.15, 0.2) is 0 Å². The molecule has 0 saturated heterocycles. The highest BCUT2D eigenvalue weighted by Gasteiger charge is 2.17. The molecular formula is C21H17ClFN5O2. The molecule has 0 aliphatic carbocycles. The predicted molar refractivity (Wildman–Crippen MR) is 109 cm³/mol. The van der Waals surface area contributed by atoms with Crippen molar-refractivity contribution in [2.45, 2.75) is 13.3 Å². The van der Waals surface area contributed by atoms with Crippen LogP contribution in [-0.2, 0) is 6.42 Å². The maximum Gasteiger partial charge on any atom is 0.254 e. The molecule has 9 heteroatoms. The van der Waals surface area contributed by atoms with Gasteiger partial charge in [-0.1, -0.05) is 28.9 Å². The molecule has 0 unspecified atom stereocenters. The van der Waals surface area contributed by atoms with E-state index in [1.54, 1.807) is 49.4 Å². The van der Waals surface area contributed by atoms with Crippen molar-refractivity contribution in [3.63, 3.8) is 0 Å². The molecule has 2 heterocycles. The van der Waals surface area contributed by atoms with Gasteiger partial charge in [-0.3, -0.25) is 4.79 Å². The van der Waals surface area contributed by atoms with Crippen LogP contribution in [0.2, 0.25) is 5.02 Å². The quantitative estimate of drug-likeness (QED) is 0.504. The van der Waals surface area contributed by atoms with E-state index < -0.39 is 5.82 Å². The van der Waals surface area contributed by atoms with E-state index in [-0.39, 0.29) is 11.6 Å². The number of carbonyl (C=O) groups excluding carboxylic acids is 1. The number of carbonyl (C=O) groups is 1. The summed E-state index contributed by atoms with van der Waals surface area (Å²) in [5.41, 5.74) is 1.98. The molecular weight excluding hydrogens is 409 g/mol. The minimum Gasteiger partial charge on any atom is -0.351 e.